The Hall–Kier alpha value is -4.46. The molecule has 1 N–H and O–H groups in total. The van der Waals surface area contributed by atoms with Crippen molar-refractivity contribution in [1.29, 1.82) is 0 Å². The van der Waals surface area contributed by atoms with E-state index < -0.39 is 24.9 Å². The second kappa shape index (κ2) is 13.9. The normalized spacial score (nSPS) is 16.0. The number of anilines is 1. The van der Waals surface area contributed by atoms with Gasteiger partial charge in [-0.1, -0.05) is 62.0 Å². The number of carbonyl (C=O) groups is 1. The number of aliphatic imine (C=N–C) groups is 1. The van der Waals surface area contributed by atoms with Crippen molar-refractivity contribution in [2.24, 2.45) is 4.99 Å². The fraction of sp³-hybridized carbons (Fsp3) is 0.312. The van der Waals surface area contributed by atoms with Crippen LogP contribution in [0.3, 0.4) is 0 Å². The minimum atomic E-state index is -4.80. The van der Waals surface area contributed by atoms with Gasteiger partial charge in [-0.25, -0.2) is 23.2 Å². The molecule has 2 amide bonds. The lowest BCUT2D eigenvalue weighted by Crippen LogP contribution is -2.38. The molecule has 242 valence electrons. The number of urea groups is 1. The van der Waals surface area contributed by atoms with Crippen molar-refractivity contribution < 1.29 is 31.5 Å². The molecule has 2 heterocycles. The van der Waals surface area contributed by atoms with Gasteiger partial charge >= 0.3 is 12.4 Å². The van der Waals surface area contributed by atoms with Crippen molar-refractivity contribution in [2.45, 2.75) is 51.9 Å². The fourth-order valence-electron chi connectivity index (χ4n) is 4.87. The number of halogens is 5. The zero-order valence-corrected chi connectivity index (χ0v) is 25.9. The predicted octanol–water partition coefficient (Wildman–Crippen LogP) is 8.28. The third kappa shape index (κ3) is 8.03. The van der Waals surface area contributed by atoms with Gasteiger partial charge in [-0.05, 0) is 66.3 Å². The molecule has 8 nitrogen and oxygen atoms in total. The van der Waals surface area contributed by atoms with Crippen molar-refractivity contribution in [3.05, 3.63) is 89.7 Å². The third-order valence-electron chi connectivity index (χ3n) is 7.12. The first-order valence-corrected chi connectivity index (χ1v) is 15.4. The van der Waals surface area contributed by atoms with Crippen molar-refractivity contribution >= 4 is 28.6 Å². The zero-order chi connectivity index (χ0) is 33.0. The van der Waals surface area contributed by atoms with Crippen LogP contribution in [-0.2, 0) is 0 Å². The second-order valence-corrected chi connectivity index (χ2v) is 12.0. The standard InChI is InChI=1S/C32H31F5N6O2S/c1-19(2)25-14-5-20(3)17-26(25)42-15-4-16-46-31(42)40-30(44)39-28(34)27(33)21-6-8-22(9-7-21)29-38-18-43(41-29)23-10-12-24(13-11-23)45-32(35,36)37/h5-14,17-19,27-28H,4,15-16H2,1-3H3,(H,39,44)/b40-31-. The van der Waals surface area contributed by atoms with Gasteiger partial charge in [0.2, 0.25) is 6.30 Å². The average Bonchev–Trinajstić information content (AvgIpc) is 3.51. The topological polar surface area (TPSA) is 84.6 Å². The van der Waals surface area contributed by atoms with Crippen LogP contribution >= 0.6 is 11.8 Å². The van der Waals surface area contributed by atoms with Crippen LogP contribution < -0.4 is 15.0 Å². The Bertz CT molecular complexity index is 1690. The number of nitrogens with one attached hydrogen (secondary N) is 1. The van der Waals surface area contributed by atoms with Crippen LogP contribution in [0.15, 0.2) is 78.0 Å². The summed E-state index contributed by atoms with van der Waals surface area (Å²) in [6, 6.07) is 15.9. The lowest BCUT2D eigenvalue weighted by Gasteiger charge is -2.32. The summed E-state index contributed by atoms with van der Waals surface area (Å²) in [5.41, 5.74) is 4.02. The highest BCUT2D eigenvalue weighted by Gasteiger charge is 2.31. The molecule has 1 fully saturated rings. The molecule has 1 saturated heterocycles. The molecule has 2 atom stereocenters. The average molecular weight is 659 g/mol. The highest BCUT2D eigenvalue weighted by molar-refractivity contribution is 8.14. The van der Waals surface area contributed by atoms with Gasteiger partial charge in [0, 0.05) is 23.5 Å². The third-order valence-corrected chi connectivity index (χ3v) is 8.18. The van der Waals surface area contributed by atoms with Gasteiger partial charge in [-0.15, -0.1) is 18.3 Å². The second-order valence-electron chi connectivity index (χ2n) is 10.9. The lowest BCUT2D eigenvalue weighted by atomic mass is 9.98. The van der Waals surface area contributed by atoms with Gasteiger partial charge < -0.3 is 15.0 Å². The molecule has 1 aliphatic rings. The number of carbonyl (C=O) groups excluding carboxylic acids is 1. The Balaban J connectivity index is 1.23. The number of hydrogen-bond acceptors (Lipinski definition) is 5. The smallest absolute Gasteiger partial charge is 0.406 e. The number of amidine groups is 1. The lowest BCUT2D eigenvalue weighted by molar-refractivity contribution is -0.274. The SMILES string of the molecule is Cc1ccc(C(C)C)c(N2CCCS/C2=N\C(=O)NC(F)C(F)c2ccc(-c3ncn(-c4ccc(OC(F)(F)F)cc4)n3)cc2)c1. The summed E-state index contributed by atoms with van der Waals surface area (Å²) in [6.07, 6.45) is -7.07. The van der Waals surface area contributed by atoms with Gasteiger partial charge in [-0.2, -0.15) is 4.99 Å². The quantitative estimate of drug-likeness (QED) is 0.152. The molecular weight excluding hydrogens is 627 g/mol. The van der Waals surface area contributed by atoms with Crippen LogP contribution in [0, 0.1) is 6.92 Å². The van der Waals surface area contributed by atoms with E-state index in [0.717, 1.165) is 41.1 Å². The van der Waals surface area contributed by atoms with Crippen molar-refractivity contribution in [2.75, 3.05) is 17.2 Å². The molecule has 1 aromatic heterocycles. The van der Waals surface area contributed by atoms with Crippen LogP contribution in [0.2, 0.25) is 0 Å². The highest BCUT2D eigenvalue weighted by Crippen LogP contribution is 2.33. The molecule has 1 aliphatic heterocycles. The maximum absolute atomic E-state index is 15.1. The summed E-state index contributed by atoms with van der Waals surface area (Å²) in [4.78, 5) is 23.0. The van der Waals surface area contributed by atoms with Crippen LogP contribution in [0.4, 0.5) is 32.4 Å². The van der Waals surface area contributed by atoms with E-state index in [4.69, 9.17) is 0 Å². The Morgan fingerprint density at radius 2 is 1.76 bits per heavy atom. The molecule has 0 bridgehead atoms. The maximum atomic E-state index is 15.1. The van der Waals surface area contributed by atoms with Crippen molar-refractivity contribution in [1.82, 2.24) is 20.1 Å². The first kappa shape index (κ1) is 32.9. The van der Waals surface area contributed by atoms with Gasteiger partial charge in [0.1, 0.15) is 12.1 Å². The van der Waals surface area contributed by atoms with Gasteiger partial charge in [0.25, 0.3) is 0 Å². The molecule has 4 aromatic rings. The van der Waals surface area contributed by atoms with E-state index in [0.29, 0.717) is 23.0 Å². The number of aromatic nitrogens is 3. The van der Waals surface area contributed by atoms with E-state index in [-0.39, 0.29) is 23.1 Å². The Morgan fingerprint density at radius 1 is 1.04 bits per heavy atom. The number of alkyl halides is 5. The molecule has 46 heavy (non-hydrogen) atoms. The van der Waals surface area contributed by atoms with E-state index in [1.807, 2.05) is 29.3 Å². The molecule has 0 aliphatic carbocycles. The number of benzene rings is 3. The summed E-state index contributed by atoms with van der Waals surface area (Å²) in [7, 11) is 0. The molecule has 5 rings (SSSR count). The van der Waals surface area contributed by atoms with Gasteiger partial charge in [0.05, 0.1) is 5.69 Å². The molecule has 0 saturated carbocycles. The summed E-state index contributed by atoms with van der Waals surface area (Å²) in [5, 5.41) is 6.76. The van der Waals surface area contributed by atoms with E-state index in [9.17, 15) is 22.4 Å². The minimum Gasteiger partial charge on any atom is -0.406 e. The number of aryl methyl sites for hydroxylation is 1. The Morgan fingerprint density at radius 3 is 2.43 bits per heavy atom. The number of nitrogens with zero attached hydrogens (tertiary/aromatic N) is 5. The van der Waals surface area contributed by atoms with E-state index in [1.54, 1.807) is 0 Å². The van der Waals surface area contributed by atoms with Gasteiger partial charge in [0.15, 0.2) is 17.2 Å². The van der Waals surface area contributed by atoms with Crippen LogP contribution in [0.5, 0.6) is 5.75 Å². The van der Waals surface area contributed by atoms with E-state index in [2.05, 4.69) is 39.7 Å². The van der Waals surface area contributed by atoms with Crippen molar-refractivity contribution in [3.63, 3.8) is 0 Å². The molecular formula is C32H31F5N6O2S. The molecule has 14 heteroatoms. The van der Waals surface area contributed by atoms with Crippen LogP contribution in [0.25, 0.3) is 17.1 Å². The number of thioether (sulfide) groups is 1. The van der Waals surface area contributed by atoms with E-state index >= 15 is 4.39 Å². The summed E-state index contributed by atoms with van der Waals surface area (Å²) >= 11 is 1.39. The largest absolute Gasteiger partial charge is 0.573 e. The summed E-state index contributed by atoms with van der Waals surface area (Å²) in [5.74, 6) is 0.863. The first-order valence-electron chi connectivity index (χ1n) is 14.4. The van der Waals surface area contributed by atoms with Crippen molar-refractivity contribution in [3.8, 4) is 22.8 Å². The zero-order valence-electron chi connectivity index (χ0n) is 25.1. The highest BCUT2D eigenvalue weighted by atomic mass is 32.2. The maximum Gasteiger partial charge on any atom is 0.573 e. The Kier molecular flexibility index (Phi) is 9.94. The predicted molar refractivity (Wildman–Crippen MR) is 168 cm³/mol. The summed E-state index contributed by atoms with van der Waals surface area (Å²) < 4.78 is 72.5. The Labute approximate surface area is 266 Å². The molecule has 0 spiro atoms. The fourth-order valence-corrected chi connectivity index (χ4v) is 5.82. The van der Waals surface area contributed by atoms with Crippen LogP contribution in [-0.4, -0.2) is 50.9 Å². The monoisotopic (exact) mass is 658 g/mol. The molecule has 0 radical (unpaired) electrons. The number of ether oxygens (including phenoxy) is 1. The number of rotatable bonds is 8. The van der Waals surface area contributed by atoms with E-state index in [1.165, 1.54) is 59.2 Å². The summed E-state index contributed by atoms with van der Waals surface area (Å²) in [6.45, 7) is 6.81. The minimum absolute atomic E-state index is 0.0149. The first-order chi connectivity index (χ1) is 21.9. The molecule has 3 aromatic carbocycles. The number of amides is 2. The van der Waals surface area contributed by atoms with Gasteiger partial charge in [-0.3, -0.25) is 0 Å². The molecule has 2 unspecified atom stereocenters. The number of hydrogen-bond donors (Lipinski definition) is 1. The van der Waals surface area contributed by atoms with Crippen LogP contribution in [0.1, 0.15) is 49.0 Å².